The number of unbranched alkanes of at least 4 members (excludes halogenated alkanes) is 2. The number of esters is 1. The third kappa shape index (κ3) is 10.4. The molecule has 0 heterocycles. The van der Waals surface area contributed by atoms with Gasteiger partial charge < -0.3 is 36.6 Å². The van der Waals surface area contributed by atoms with Crippen LogP contribution in [0, 0.1) is 52.3 Å². The lowest BCUT2D eigenvalue weighted by molar-refractivity contribution is -0.171. The van der Waals surface area contributed by atoms with E-state index in [2.05, 4.69) is 36.7 Å². The molecule has 5 rings (SSSR count). The number of nitrogens with one attached hydrogen (secondary N) is 3. The molecule has 0 aliphatic heterocycles. The van der Waals surface area contributed by atoms with Crippen LogP contribution < -0.4 is 21.7 Å². The Morgan fingerprint density at radius 2 is 1.59 bits per heavy atom. The summed E-state index contributed by atoms with van der Waals surface area (Å²) in [5.41, 5.74) is 6.63. The average Bonchev–Trinajstić information content (AvgIpc) is 3.53. The molecule has 9 nitrogen and oxygen atoms in total. The predicted molar refractivity (Wildman–Crippen MR) is 217 cm³/mol. The van der Waals surface area contributed by atoms with E-state index < -0.39 is 12.0 Å². The predicted octanol–water partition coefficient (Wildman–Crippen LogP) is 6.73. The van der Waals surface area contributed by atoms with Gasteiger partial charge in [-0.2, -0.15) is 0 Å². The standard InChI is InChI=1S/C45H76N4O5/c1-31(11-20-42(52)49-40(43(53)54-4)29-33-12-15-35(50)16-13-33)37-18-19-38-36-17-14-34-28-32(10-5-6-24-47-25-7-8-26-48-27-9-23-46)21-22-44(34,2)39(36)30-41(51)45(37,38)3/h12-13,15-16,31-32,34,36-41,47-48,50-51H,5-11,14,17-30,46H2,1-4H3,(H,49,52)/t31-,32+,34?,36?,37-,38?,39?,40-,41+,44+,45?/m1/s1. The normalized spacial score (nSPS) is 32.9. The van der Waals surface area contributed by atoms with Crippen molar-refractivity contribution >= 4 is 11.9 Å². The van der Waals surface area contributed by atoms with Crippen LogP contribution in [0.3, 0.4) is 0 Å². The number of aliphatic hydroxyl groups excluding tert-OH is 1. The molecule has 0 radical (unpaired) electrons. The maximum Gasteiger partial charge on any atom is 0.328 e. The molecule has 11 atom stereocenters. The summed E-state index contributed by atoms with van der Waals surface area (Å²) < 4.78 is 5.00. The lowest BCUT2D eigenvalue weighted by Crippen LogP contribution is -2.58. The van der Waals surface area contributed by atoms with E-state index in [-0.39, 0.29) is 23.2 Å². The van der Waals surface area contributed by atoms with Gasteiger partial charge in [0.05, 0.1) is 13.2 Å². The maximum absolute atomic E-state index is 13.2. The van der Waals surface area contributed by atoms with Crippen molar-refractivity contribution in [3.63, 3.8) is 0 Å². The molecular formula is C45H76N4O5. The summed E-state index contributed by atoms with van der Waals surface area (Å²) in [6.07, 6.45) is 18.6. The van der Waals surface area contributed by atoms with E-state index >= 15 is 0 Å². The summed E-state index contributed by atoms with van der Waals surface area (Å²) in [6.45, 7) is 12.4. The number of rotatable bonds is 21. The second kappa shape index (κ2) is 20.3. The van der Waals surface area contributed by atoms with Gasteiger partial charge in [-0.1, -0.05) is 45.7 Å². The zero-order chi connectivity index (χ0) is 38.7. The van der Waals surface area contributed by atoms with Gasteiger partial charge in [0.25, 0.3) is 0 Å². The minimum atomic E-state index is -0.776. The van der Waals surface area contributed by atoms with Crippen molar-refractivity contribution in [3.8, 4) is 5.75 Å². The average molecular weight is 753 g/mol. The molecule has 306 valence electrons. The number of methoxy groups -OCH3 is 1. The van der Waals surface area contributed by atoms with E-state index in [0.717, 1.165) is 75.8 Å². The van der Waals surface area contributed by atoms with Crippen LogP contribution in [0.15, 0.2) is 24.3 Å². The van der Waals surface area contributed by atoms with Gasteiger partial charge in [-0.3, -0.25) is 4.79 Å². The van der Waals surface area contributed by atoms with E-state index in [9.17, 15) is 19.8 Å². The van der Waals surface area contributed by atoms with Gasteiger partial charge in [0, 0.05) is 12.8 Å². The van der Waals surface area contributed by atoms with Gasteiger partial charge in [-0.25, -0.2) is 4.79 Å². The molecule has 1 amide bonds. The number of amides is 1. The van der Waals surface area contributed by atoms with Crippen LogP contribution in [0.2, 0.25) is 0 Å². The van der Waals surface area contributed by atoms with Gasteiger partial charge in [-0.05, 0) is 186 Å². The van der Waals surface area contributed by atoms with Crippen molar-refractivity contribution in [1.82, 2.24) is 16.0 Å². The Bertz CT molecular complexity index is 1310. The number of fused-ring (bicyclic) bond motifs is 5. The molecule has 1 aromatic carbocycles. The van der Waals surface area contributed by atoms with Gasteiger partial charge in [0.15, 0.2) is 0 Å². The number of aromatic hydroxyl groups is 1. The van der Waals surface area contributed by atoms with Crippen molar-refractivity contribution in [3.05, 3.63) is 29.8 Å². The Balaban J connectivity index is 1.06. The largest absolute Gasteiger partial charge is 0.508 e. The number of aliphatic hydroxyl groups is 1. The number of phenols is 1. The minimum absolute atomic E-state index is 0.111. The topological polar surface area (TPSA) is 146 Å². The van der Waals surface area contributed by atoms with Crippen molar-refractivity contribution in [1.29, 1.82) is 0 Å². The molecule has 9 heteroatoms. The third-order valence-corrected chi connectivity index (χ3v) is 15.4. The Labute approximate surface area is 327 Å². The highest BCUT2D eigenvalue weighted by atomic mass is 16.5. The molecule has 4 aliphatic rings. The van der Waals surface area contributed by atoms with Gasteiger partial charge >= 0.3 is 5.97 Å². The summed E-state index contributed by atoms with van der Waals surface area (Å²) in [5, 5.41) is 31.8. The van der Waals surface area contributed by atoms with Crippen LogP contribution in [0.25, 0.3) is 0 Å². The highest BCUT2D eigenvalue weighted by Gasteiger charge is 2.63. The first kappa shape index (κ1) is 42.9. The van der Waals surface area contributed by atoms with Crippen LogP contribution >= 0.6 is 0 Å². The molecule has 0 spiro atoms. The molecule has 0 bridgehead atoms. The molecular weight excluding hydrogens is 677 g/mol. The van der Waals surface area contributed by atoms with Crippen LogP contribution in [-0.2, 0) is 20.7 Å². The summed E-state index contributed by atoms with van der Waals surface area (Å²) in [4.78, 5) is 25.7. The van der Waals surface area contributed by atoms with Gasteiger partial charge in [-0.15, -0.1) is 0 Å². The second-order valence-electron chi connectivity index (χ2n) is 18.5. The van der Waals surface area contributed by atoms with Gasteiger partial charge in [0.1, 0.15) is 11.8 Å². The number of nitrogens with two attached hydrogens (primary N) is 1. The third-order valence-electron chi connectivity index (χ3n) is 15.4. The number of hydrogen-bond acceptors (Lipinski definition) is 8. The summed E-state index contributed by atoms with van der Waals surface area (Å²) in [5.74, 6) is 3.76. The van der Waals surface area contributed by atoms with Crippen LogP contribution in [0.5, 0.6) is 5.75 Å². The zero-order valence-electron chi connectivity index (χ0n) is 34.3. The fraction of sp³-hybridized carbons (Fsp3) is 0.822. The number of hydrogen-bond donors (Lipinski definition) is 6. The van der Waals surface area contributed by atoms with Crippen LogP contribution in [0.4, 0.5) is 0 Å². The van der Waals surface area contributed by atoms with E-state index in [1.165, 1.54) is 77.7 Å². The minimum Gasteiger partial charge on any atom is -0.508 e. The first-order valence-corrected chi connectivity index (χ1v) is 22.0. The Kier molecular flexibility index (Phi) is 16.1. The summed E-state index contributed by atoms with van der Waals surface area (Å²) in [6, 6.07) is 5.89. The number of carbonyl (C=O) groups is 2. The van der Waals surface area contributed by atoms with Crippen LogP contribution in [0.1, 0.15) is 129 Å². The second-order valence-corrected chi connectivity index (χ2v) is 18.5. The van der Waals surface area contributed by atoms with Crippen molar-refractivity contribution in [2.45, 2.75) is 142 Å². The first-order valence-electron chi connectivity index (χ1n) is 22.0. The van der Waals surface area contributed by atoms with Crippen molar-refractivity contribution < 1.29 is 24.5 Å². The zero-order valence-corrected chi connectivity index (χ0v) is 34.3. The molecule has 0 aromatic heterocycles. The Morgan fingerprint density at radius 1 is 0.907 bits per heavy atom. The first-order chi connectivity index (χ1) is 26.0. The quantitative estimate of drug-likeness (QED) is 0.0599. The number of carbonyl (C=O) groups excluding carboxylic acids is 2. The van der Waals surface area contributed by atoms with E-state index in [0.29, 0.717) is 47.8 Å². The molecule has 4 aliphatic carbocycles. The molecule has 1 aromatic rings. The molecule has 7 N–H and O–H groups in total. The van der Waals surface area contributed by atoms with E-state index in [1.54, 1.807) is 24.3 Å². The Hall–Kier alpha value is -2.20. The lowest BCUT2D eigenvalue weighted by atomic mass is 9.43. The van der Waals surface area contributed by atoms with Crippen molar-refractivity contribution in [2.75, 3.05) is 39.8 Å². The summed E-state index contributed by atoms with van der Waals surface area (Å²) >= 11 is 0. The number of ether oxygens (including phenoxy) is 1. The Morgan fingerprint density at radius 3 is 2.28 bits per heavy atom. The monoisotopic (exact) mass is 753 g/mol. The molecule has 54 heavy (non-hydrogen) atoms. The highest BCUT2D eigenvalue weighted by Crippen LogP contribution is 2.68. The highest BCUT2D eigenvalue weighted by molar-refractivity contribution is 5.84. The van der Waals surface area contributed by atoms with Gasteiger partial charge in [0.2, 0.25) is 5.91 Å². The van der Waals surface area contributed by atoms with E-state index in [1.807, 2.05) is 0 Å². The van der Waals surface area contributed by atoms with Crippen molar-refractivity contribution in [2.24, 2.45) is 58.0 Å². The fourth-order valence-electron chi connectivity index (χ4n) is 12.2. The summed E-state index contributed by atoms with van der Waals surface area (Å²) in [7, 11) is 1.34. The maximum atomic E-state index is 13.2. The smallest absolute Gasteiger partial charge is 0.328 e. The SMILES string of the molecule is COC(=O)[C@@H](Cc1ccc(O)cc1)NC(=O)CC[C@@H](C)[C@H]1CCC2C3CCC4C[C@@H](CCCCNCCCCNCCCN)CC[C@]4(C)C3C[C@H](O)C21C. The lowest BCUT2D eigenvalue weighted by Gasteiger charge is -2.62. The van der Waals surface area contributed by atoms with E-state index in [4.69, 9.17) is 10.5 Å². The molecule has 0 saturated heterocycles. The molecule has 4 saturated carbocycles. The molecule has 5 unspecified atom stereocenters. The number of phenolic OH excluding ortho intramolecular Hbond substituents is 1. The number of benzene rings is 1. The van der Waals surface area contributed by atoms with Crippen LogP contribution in [-0.4, -0.2) is 74.1 Å². The molecule has 4 fully saturated rings. The fourth-order valence-corrected chi connectivity index (χ4v) is 12.2.